The Morgan fingerprint density at radius 3 is 2.32 bits per heavy atom. The van der Waals surface area contributed by atoms with Gasteiger partial charge >= 0.3 is 0 Å². The van der Waals surface area contributed by atoms with Crippen molar-refractivity contribution >= 4 is 50.0 Å². The van der Waals surface area contributed by atoms with Gasteiger partial charge in [-0.3, -0.25) is 9.59 Å². The summed E-state index contributed by atoms with van der Waals surface area (Å²) in [6, 6.07) is 9.42. The van der Waals surface area contributed by atoms with Crippen molar-refractivity contribution in [3.63, 3.8) is 0 Å². The van der Waals surface area contributed by atoms with Crippen LogP contribution in [0.1, 0.15) is 24.3 Å². The molecule has 1 aromatic heterocycles. The SMILES string of the molecule is Cn1c(C(=O)Nc2ccc(S(=O)(=O)NC(=O)C(C)(C)O)cc2)cc2c(F)c(Cl)ccc21. The molecule has 0 bridgehead atoms. The zero-order valence-electron chi connectivity index (χ0n) is 16.7. The number of aromatic nitrogens is 1. The molecule has 0 aliphatic carbocycles. The topological polar surface area (TPSA) is 118 Å². The van der Waals surface area contributed by atoms with Crippen LogP contribution in [0, 0.1) is 5.82 Å². The first-order valence-corrected chi connectivity index (χ1v) is 10.8. The largest absolute Gasteiger partial charge is 0.381 e. The predicted octanol–water partition coefficient (Wildman–Crippen LogP) is 2.80. The molecule has 11 heteroatoms. The number of fused-ring (bicyclic) bond motifs is 1. The van der Waals surface area contributed by atoms with Crippen molar-refractivity contribution in [2.75, 3.05) is 5.32 Å². The van der Waals surface area contributed by atoms with E-state index in [4.69, 9.17) is 11.6 Å². The Kier molecular flexibility index (Phi) is 5.83. The van der Waals surface area contributed by atoms with E-state index >= 15 is 0 Å². The van der Waals surface area contributed by atoms with Gasteiger partial charge in [-0.2, -0.15) is 0 Å². The molecule has 0 aliphatic heterocycles. The maximum Gasteiger partial charge on any atom is 0.272 e. The summed E-state index contributed by atoms with van der Waals surface area (Å²) < 4.78 is 42.0. The highest BCUT2D eigenvalue weighted by Crippen LogP contribution is 2.27. The summed E-state index contributed by atoms with van der Waals surface area (Å²) in [4.78, 5) is 24.2. The smallest absolute Gasteiger partial charge is 0.272 e. The Morgan fingerprint density at radius 1 is 1.13 bits per heavy atom. The fourth-order valence-electron chi connectivity index (χ4n) is 2.79. The number of amides is 2. The second-order valence-corrected chi connectivity index (χ2v) is 9.44. The van der Waals surface area contributed by atoms with Crippen LogP contribution in [-0.4, -0.2) is 35.5 Å². The van der Waals surface area contributed by atoms with Crippen LogP contribution in [0.3, 0.4) is 0 Å². The molecule has 31 heavy (non-hydrogen) atoms. The van der Waals surface area contributed by atoms with Crippen LogP contribution in [0.25, 0.3) is 10.9 Å². The van der Waals surface area contributed by atoms with Gasteiger partial charge in [-0.1, -0.05) is 11.6 Å². The van der Waals surface area contributed by atoms with Crippen LogP contribution in [0.5, 0.6) is 0 Å². The minimum absolute atomic E-state index is 0.0569. The van der Waals surface area contributed by atoms with Crippen LogP contribution in [0.4, 0.5) is 10.1 Å². The van der Waals surface area contributed by atoms with E-state index in [0.717, 1.165) is 13.8 Å². The number of hydrogen-bond acceptors (Lipinski definition) is 5. The molecule has 164 valence electrons. The monoisotopic (exact) mass is 467 g/mol. The molecular weight excluding hydrogens is 449 g/mol. The number of benzene rings is 2. The second kappa shape index (κ2) is 7.95. The normalized spacial score (nSPS) is 12.1. The van der Waals surface area contributed by atoms with E-state index in [1.165, 1.54) is 41.0 Å². The minimum atomic E-state index is -4.20. The van der Waals surface area contributed by atoms with Gasteiger partial charge in [0, 0.05) is 18.1 Å². The highest BCUT2D eigenvalue weighted by molar-refractivity contribution is 7.90. The molecule has 0 spiro atoms. The molecule has 2 aromatic carbocycles. The number of rotatable bonds is 5. The summed E-state index contributed by atoms with van der Waals surface area (Å²) in [5.74, 6) is -2.25. The molecule has 0 saturated carbocycles. The molecular formula is C20H19ClFN3O5S. The number of nitrogens with one attached hydrogen (secondary N) is 2. The van der Waals surface area contributed by atoms with Gasteiger partial charge in [0.1, 0.15) is 11.3 Å². The molecule has 0 unspecified atom stereocenters. The predicted molar refractivity (Wildman–Crippen MR) is 114 cm³/mol. The molecule has 0 radical (unpaired) electrons. The lowest BCUT2D eigenvalue weighted by Gasteiger charge is -2.16. The lowest BCUT2D eigenvalue weighted by atomic mass is 10.1. The number of nitrogens with zero attached hydrogens (tertiary/aromatic N) is 1. The number of carbonyl (C=O) groups is 2. The van der Waals surface area contributed by atoms with Crippen molar-refractivity contribution in [3.05, 3.63) is 59.0 Å². The zero-order chi connectivity index (χ0) is 23.1. The molecule has 2 amide bonds. The Labute approximate surface area is 182 Å². The molecule has 0 atom stereocenters. The molecule has 0 saturated heterocycles. The van der Waals surface area contributed by atoms with Gasteiger partial charge in [0.05, 0.1) is 15.4 Å². The molecule has 0 aliphatic rings. The Hall–Kier alpha value is -2.95. The highest BCUT2D eigenvalue weighted by atomic mass is 35.5. The Bertz CT molecular complexity index is 1300. The number of aryl methyl sites for hydroxylation is 1. The summed E-state index contributed by atoms with van der Waals surface area (Å²) >= 11 is 5.79. The van der Waals surface area contributed by atoms with Crippen molar-refractivity contribution in [2.45, 2.75) is 24.3 Å². The minimum Gasteiger partial charge on any atom is -0.381 e. The molecule has 3 rings (SSSR count). The van der Waals surface area contributed by atoms with Crippen LogP contribution in [-0.2, 0) is 21.9 Å². The lowest BCUT2D eigenvalue weighted by molar-refractivity contribution is -0.134. The van der Waals surface area contributed by atoms with Crippen LogP contribution < -0.4 is 10.0 Å². The number of hydrogen-bond donors (Lipinski definition) is 3. The van der Waals surface area contributed by atoms with Gasteiger partial charge < -0.3 is 15.0 Å². The van der Waals surface area contributed by atoms with E-state index in [1.54, 1.807) is 17.8 Å². The summed E-state index contributed by atoms with van der Waals surface area (Å²) in [6.45, 7) is 2.31. The lowest BCUT2D eigenvalue weighted by Crippen LogP contribution is -2.44. The first-order valence-electron chi connectivity index (χ1n) is 8.96. The third-order valence-corrected chi connectivity index (χ3v) is 6.19. The quantitative estimate of drug-likeness (QED) is 0.533. The van der Waals surface area contributed by atoms with Gasteiger partial charge in [0.2, 0.25) is 0 Å². The number of aliphatic hydroxyl groups is 1. The molecule has 0 fully saturated rings. The molecule has 1 heterocycles. The maximum absolute atomic E-state index is 14.2. The Balaban J connectivity index is 1.81. The average Bonchev–Trinajstić information content (AvgIpc) is 3.01. The van der Waals surface area contributed by atoms with Crippen molar-refractivity contribution in [1.29, 1.82) is 0 Å². The van der Waals surface area contributed by atoms with Crippen molar-refractivity contribution in [1.82, 2.24) is 9.29 Å². The van der Waals surface area contributed by atoms with E-state index in [2.05, 4.69) is 5.32 Å². The Morgan fingerprint density at radius 2 is 1.74 bits per heavy atom. The van der Waals surface area contributed by atoms with Gasteiger partial charge in [-0.15, -0.1) is 0 Å². The third kappa shape index (κ3) is 4.55. The second-order valence-electron chi connectivity index (χ2n) is 7.35. The molecule has 8 nitrogen and oxygen atoms in total. The number of halogens is 2. The first kappa shape index (κ1) is 22.7. The van der Waals surface area contributed by atoms with Gasteiger partial charge in [0.15, 0.2) is 5.82 Å². The highest BCUT2D eigenvalue weighted by Gasteiger charge is 2.29. The third-order valence-electron chi connectivity index (χ3n) is 4.55. The van der Waals surface area contributed by atoms with Crippen molar-refractivity contribution in [3.8, 4) is 0 Å². The van der Waals surface area contributed by atoms with E-state index in [9.17, 15) is 27.5 Å². The average molecular weight is 468 g/mol. The van der Waals surface area contributed by atoms with Gasteiger partial charge in [0.25, 0.3) is 21.8 Å². The van der Waals surface area contributed by atoms with Crippen molar-refractivity contribution < 1.29 is 27.5 Å². The standard InChI is InChI=1S/C20H19ClFN3O5S/c1-20(2,28)19(27)24-31(29,30)12-6-4-11(5-7-12)23-18(26)16-10-13-15(25(16)3)9-8-14(21)17(13)22/h4-10,28H,1-3H3,(H,23,26)(H,24,27). The molecule has 3 N–H and O–H groups in total. The number of sulfonamides is 1. The van der Waals surface area contributed by atoms with Gasteiger partial charge in [-0.05, 0) is 56.3 Å². The zero-order valence-corrected chi connectivity index (χ0v) is 18.3. The van der Waals surface area contributed by atoms with E-state index < -0.39 is 33.3 Å². The maximum atomic E-state index is 14.2. The van der Waals surface area contributed by atoms with Crippen LogP contribution in [0.15, 0.2) is 47.4 Å². The van der Waals surface area contributed by atoms with E-state index in [0.29, 0.717) is 5.52 Å². The van der Waals surface area contributed by atoms with Crippen LogP contribution >= 0.6 is 11.6 Å². The van der Waals surface area contributed by atoms with E-state index in [1.807, 2.05) is 0 Å². The fraction of sp³-hybridized carbons (Fsp3) is 0.200. The van der Waals surface area contributed by atoms with E-state index in [-0.39, 0.29) is 26.7 Å². The summed E-state index contributed by atoms with van der Waals surface area (Å²) in [5, 5.41) is 12.3. The fourth-order valence-corrected chi connectivity index (χ4v) is 4.06. The first-order chi connectivity index (χ1) is 14.3. The number of carbonyl (C=O) groups excluding carboxylic acids is 2. The summed E-state index contributed by atoms with van der Waals surface area (Å²) in [5.41, 5.74) is -0.939. The summed E-state index contributed by atoms with van der Waals surface area (Å²) in [7, 11) is -2.60. The summed E-state index contributed by atoms with van der Waals surface area (Å²) in [6.07, 6.45) is 0. The van der Waals surface area contributed by atoms with Crippen LogP contribution in [0.2, 0.25) is 5.02 Å². The van der Waals surface area contributed by atoms with Gasteiger partial charge in [-0.25, -0.2) is 17.5 Å². The van der Waals surface area contributed by atoms with Crippen molar-refractivity contribution in [2.24, 2.45) is 7.05 Å². The molecule has 3 aromatic rings. The number of anilines is 1.